The maximum Gasteiger partial charge on any atom is 0.214 e. The van der Waals surface area contributed by atoms with E-state index in [1.54, 1.807) is 21.3 Å². The van der Waals surface area contributed by atoms with Gasteiger partial charge in [0.15, 0.2) is 23.0 Å². The minimum Gasteiger partial charge on any atom is -0.493 e. The molecule has 2 aliphatic rings. The zero-order chi connectivity index (χ0) is 23.8. The summed E-state index contributed by atoms with van der Waals surface area (Å²) in [6.45, 7) is 4.40. The highest BCUT2D eigenvalue weighted by molar-refractivity contribution is 6.02. The van der Waals surface area contributed by atoms with E-state index in [1.165, 1.54) is 5.56 Å². The second-order valence-corrected chi connectivity index (χ2v) is 8.89. The minimum atomic E-state index is -0.354. The summed E-state index contributed by atoms with van der Waals surface area (Å²) in [5, 5.41) is 7.15. The van der Waals surface area contributed by atoms with Crippen molar-refractivity contribution in [1.29, 1.82) is 0 Å². The fraction of sp³-hybridized carbons (Fsp3) is 0.321. The van der Waals surface area contributed by atoms with E-state index in [4.69, 9.17) is 24.0 Å². The third kappa shape index (κ3) is 3.73. The first kappa shape index (κ1) is 22.1. The average Bonchev–Trinajstić information content (AvgIpc) is 3.33. The average molecular weight is 459 g/mol. The normalized spacial score (nSPS) is 18.6. The van der Waals surface area contributed by atoms with Crippen LogP contribution in [0, 0.1) is 0 Å². The Hall–Kier alpha value is -3.67. The fourth-order valence-electron chi connectivity index (χ4n) is 4.70. The van der Waals surface area contributed by atoms with E-state index < -0.39 is 0 Å². The number of benzene rings is 3. The van der Waals surface area contributed by atoms with Gasteiger partial charge in [0.25, 0.3) is 0 Å². The standard InChI is InChI=1S/C28H30N2O4/c1-17(2)18-9-11-19(12-10-18)28-30-23(21-7-6-8-25(32-4)27(21)34-28)16-22(29-30)20-13-14-24(31-3)26(15-20)33-5/h6-15,17,23,28H,16H2,1-5H3/t23-,28+/m1/s1. The van der Waals surface area contributed by atoms with Crippen molar-refractivity contribution in [2.45, 2.75) is 38.5 Å². The fourth-order valence-corrected chi connectivity index (χ4v) is 4.70. The van der Waals surface area contributed by atoms with Crippen LogP contribution >= 0.6 is 0 Å². The van der Waals surface area contributed by atoms with Crippen molar-refractivity contribution in [3.63, 3.8) is 0 Å². The van der Waals surface area contributed by atoms with Crippen molar-refractivity contribution in [1.82, 2.24) is 5.01 Å². The first-order chi connectivity index (χ1) is 16.5. The van der Waals surface area contributed by atoms with E-state index in [0.717, 1.165) is 40.3 Å². The van der Waals surface area contributed by atoms with Gasteiger partial charge in [-0.25, -0.2) is 5.01 Å². The van der Waals surface area contributed by atoms with E-state index in [1.807, 2.05) is 30.3 Å². The van der Waals surface area contributed by atoms with Crippen LogP contribution in [0.1, 0.15) is 60.7 Å². The van der Waals surface area contributed by atoms with Crippen molar-refractivity contribution in [2.75, 3.05) is 21.3 Å². The monoisotopic (exact) mass is 458 g/mol. The molecule has 0 unspecified atom stereocenters. The molecular formula is C28H30N2O4. The van der Waals surface area contributed by atoms with Crippen LogP contribution in [-0.4, -0.2) is 32.0 Å². The van der Waals surface area contributed by atoms with Crippen molar-refractivity contribution in [3.05, 3.63) is 82.9 Å². The third-order valence-electron chi connectivity index (χ3n) is 6.61. The van der Waals surface area contributed by atoms with Crippen LogP contribution in [0.15, 0.2) is 65.8 Å². The number of nitrogens with zero attached hydrogens (tertiary/aromatic N) is 2. The molecule has 2 aliphatic heterocycles. The lowest BCUT2D eigenvalue weighted by Crippen LogP contribution is -2.33. The third-order valence-corrected chi connectivity index (χ3v) is 6.61. The molecule has 2 heterocycles. The Labute approximate surface area is 200 Å². The molecule has 3 aromatic rings. The molecule has 0 aromatic heterocycles. The zero-order valence-electron chi connectivity index (χ0n) is 20.2. The first-order valence-corrected chi connectivity index (χ1v) is 11.6. The molecule has 0 saturated carbocycles. The Morgan fingerprint density at radius 2 is 1.62 bits per heavy atom. The highest BCUT2D eigenvalue weighted by Gasteiger charge is 2.42. The van der Waals surface area contributed by atoms with E-state index >= 15 is 0 Å². The van der Waals surface area contributed by atoms with Gasteiger partial charge in [-0.2, -0.15) is 5.10 Å². The number of hydrogen-bond acceptors (Lipinski definition) is 6. The van der Waals surface area contributed by atoms with Gasteiger partial charge in [0.2, 0.25) is 6.23 Å². The van der Waals surface area contributed by atoms with Crippen LogP contribution in [0.2, 0.25) is 0 Å². The SMILES string of the molecule is COc1ccc(C2=NN3[C@H](C2)c2cccc(OC)c2O[C@H]3c2ccc(C(C)C)cc2)cc1OC. The molecule has 0 fully saturated rings. The molecule has 0 saturated heterocycles. The van der Waals surface area contributed by atoms with Gasteiger partial charge in [0.1, 0.15) is 0 Å². The smallest absolute Gasteiger partial charge is 0.214 e. The summed E-state index contributed by atoms with van der Waals surface area (Å²) in [6, 6.07) is 20.6. The summed E-state index contributed by atoms with van der Waals surface area (Å²) < 4.78 is 23.2. The lowest BCUT2D eigenvalue weighted by atomic mass is 9.95. The van der Waals surface area contributed by atoms with Crippen molar-refractivity contribution >= 4 is 5.71 Å². The number of hydrazone groups is 1. The van der Waals surface area contributed by atoms with E-state index in [2.05, 4.69) is 49.2 Å². The number of rotatable bonds is 6. The Kier molecular flexibility index (Phi) is 5.82. The van der Waals surface area contributed by atoms with Gasteiger partial charge in [0.05, 0.1) is 33.1 Å². The Morgan fingerprint density at radius 3 is 2.29 bits per heavy atom. The largest absolute Gasteiger partial charge is 0.493 e. The molecule has 6 nitrogen and oxygen atoms in total. The van der Waals surface area contributed by atoms with Gasteiger partial charge in [-0.05, 0) is 35.7 Å². The summed E-state index contributed by atoms with van der Waals surface area (Å²) in [5.41, 5.74) is 5.42. The van der Waals surface area contributed by atoms with Crippen LogP contribution in [-0.2, 0) is 0 Å². The van der Waals surface area contributed by atoms with E-state index in [-0.39, 0.29) is 12.3 Å². The summed E-state index contributed by atoms with van der Waals surface area (Å²) in [4.78, 5) is 0. The molecule has 3 aromatic carbocycles. The minimum absolute atomic E-state index is 0.0386. The quantitative estimate of drug-likeness (QED) is 0.448. The molecule has 34 heavy (non-hydrogen) atoms. The van der Waals surface area contributed by atoms with Gasteiger partial charge in [-0.3, -0.25) is 0 Å². The Morgan fingerprint density at radius 1 is 0.882 bits per heavy atom. The Bertz CT molecular complexity index is 1220. The zero-order valence-corrected chi connectivity index (χ0v) is 20.2. The molecular weight excluding hydrogens is 428 g/mol. The number of ether oxygens (including phenoxy) is 4. The summed E-state index contributed by atoms with van der Waals surface area (Å²) in [7, 11) is 4.97. The molecule has 0 N–H and O–H groups in total. The van der Waals surface area contributed by atoms with Crippen LogP contribution in [0.4, 0.5) is 0 Å². The lowest BCUT2D eigenvalue weighted by Gasteiger charge is -2.38. The van der Waals surface area contributed by atoms with Gasteiger partial charge in [-0.1, -0.05) is 50.2 Å². The molecule has 176 valence electrons. The summed E-state index contributed by atoms with van der Waals surface area (Å²) in [5.74, 6) is 3.38. The summed E-state index contributed by atoms with van der Waals surface area (Å²) in [6.07, 6.45) is 0.396. The number of hydrogen-bond donors (Lipinski definition) is 0. The van der Waals surface area contributed by atoms with Gasteiger partial charge >= 0.3 is 0 Å². The van der Waals surface area contributed by atoms with E-state index in [9.17, 15) is 0 Å². The highest BCUT2D eigenvalue weighted by Crippen LogP contribution is 2.51. The molecule has 0 bridgehead atoms. The Balaban J connectivity index is 1.58. The number of para-hydroxylation sites is 1. The van der Waals surface area contributed by atoms with Crippen molar-refractivity contribution in [3.8, 4) is 23.0 Å². The van der Waals surface area contributed by atoms with Gasteiger partial charge in [0, 0.05) is 23.1 Å². The number of fused-ring (bicyclic) bond motifs is 3. The maximum absolute atomic E-state index is 6.57. The maximum atomic E-state index is 6.57. The lowest BCUT2D eigenvalue weighted by molar-refractivity contribution is -0.0209. The second-order valence-electron chi connectivity index (χ2n) is 8.89. The van der Waals surface area contributed by atoms with Crippen molar-refractivity contribution in [2.24, 2.45) is 5.10 Å². The second kappa shape index (κ2) is 8.93. The van der Waals surface area contributed by atoms with Crippen molar-refractivity contribution < 1.29 is 18.9 Å². The number of methoxy groups -OCH3 is 3. The molecule has 2 atom stereocenters. The molecule has 5 rings (SSSR count). The predicted molar refractivity (Wildman–Crippen MR) is 132 cm³/mol. The van der Waals surface area contributed by atoms with E-state index in [0.29, 0.717) is 17.4 Å². The molecule has 0 aliphatic carbocycles. The predicted octanol–water partition coefficient (Wildman–Crippen LogP) is 6.08. The van der Waals surface area contributed by atoms with Crippen LogP contribution < -0.4 is 18.9 Å². The van der Waals surface area contributed by atoms with Crippen LogP contribution in [0.5, 0.6) is 23.0 Å². The summed E-state index contributed by atoms with van der Waals surface area (Å²) >= 11 is 0. The first-order valence-electron chi connectivity index (χ1n) is 11.6. The van der Waals surface area contributed by atoms with Crippen LogP contribution in [0.25, 0.3) is 0 Å². The van der Waals surface area contributed by atoms with Gasteiger partial charge < -0.3 is 18.9 Å². The van der Waals surface area contributed by atoms with Crippen LogP contribution in [0.3, 0.4) is 0 Å². The highest BCUT2D eigenvalue weighted by atomic mass is 16.5. The van der Waals surface area contributed by atoms with Gasteiger partial charge in [-0.15, -0.1) is 0 Å². The molecule has 0 spiro atoms. The topological polar surface area (TPSA) is 52.5 Å². The molecule has 0 radical (unpaired) electrons. The molecule has 6 heteroatoms. The molecule has 0 amide bonds.